The topological polar surface area (TPSA) is 78.5 Å². The summed E-state index contributed by atoms with van der Waals surface area (Å²) >= 11 is 0. The fourth-order valence-electron chi connectivity index (χ4n) is 3.68. The van der Waals surface area contributed by atoms with Gasteiger partial charge in [-0.1, -0.05) is 6.07 Å². The molecule has 2 aliphatic heterocycles. The Hall–Kier alpha value is -1.22. The Morgan fingerprint density at radius 2 is 2.11 bits per heavy atom. The van der Waals surface area contributed by atoms with Crippen LogP contribution in [-0.4, -0.2) is 50.9 Å². The molecule has 152 valence electrons. The zero-order chi connectivity index (χ0) is 18.7. The van der Waals surface area contributed by atoms with Crippen LogP contribution in [0.4, 0.5) is 4.39 Å². The van der Waals surface area contributed by atoms with Gasteiger partial charge in [0.1, 0.15) is 5.82 Å². The monoisotopic (exact) mass is 419 g/mol. The largest absolute Gasteiger partial charge is 0.354 e. The van der Waals surface area contributed by atoms with Crippen LogP contribution in [0.5, 0.6) is 0 Å². The van der Waals surface area contributed by atoms with Gasteiger partial charge in [0.15, 0.2) is 0 Å². The summed E-state index contributed by atoms with van der Waals surface area (Å²) in [6.45, 7) is 3.76. The van der Waals surface area contributed by atoms with Crippen LogP contribution >= 0.6 is 12.4 Å². The number of sulfonamides is 1. The lowest BCUT2D eigenvalue weighted by molar-refractivity contribution is -0.123. The molecule has 6 nitrogen and oxygen atoms in total. The van der Waals surface area contributed by atoms with Gasteiger partial charge in [-0.2, -0.15) is 4.31 Å². The molecule has 0 saturated carbocycles. The minimum Gasteiger partial charge on any atom is -0.354 e. The van der Waals surface area contributed by atoms with Crippen LogP contribution in [0.25, 0.3) is 0 Å². The van der Waals surface area contributed by atoms with Crippen molar-refractivity contribution in [1.82, 2.24) is 14.9 Å². The van der Waals surface area contributed by atoms with Gasteiger partial charge in [0.05, 0.1) is 10.9 Å². The van der Waals surface area contributed by atoms with Crippen molar-refractivity contribution in [3.63, 3.8) is 0 Å². The number of nitrogens with zero attached hydrogens (tertiary/aromatic N) is 1. The van der Waals surface area contributed by atoms with Crippen LogP contribution in [0.1, 0.15) is 31.2 Å². The first-order valence-electron chi connectivity index (χ1n) is 9.15. The standard InChI is InChI=1S/C18H26FN3O3S.ClH/c1-13-6-7-15(19)10-17(13)26(24,25)22-9-3-4-14(12-22)11-21-18(23)16-5-2-8-20-16;/h6-7,10,14,16,20H,2-5,8-9,11-12H2,1H3,(H,21,23);1H. The van der Waals surface area contributed by atoms with Crippen molar-refractivity contribution < 1.29 is 17.6 Å². The zero-order valence-corrected chi connectivity index (χ0v) is 17.0. The van der Waals surface area contributed by atoms with E-state index in [0.717, 1.165) is 38.3 Å². The molecule has 2 atom stereocenters. The minimum absolute atomic E-state index is 0. The summed E-state index contributed by atoms with van der Waals surface area (Å²) in [6, 6.07) is 3.70. The van der Waals surface area contributed by atoms with Gasteiger partial charge >= 0.3 is 0 Å². The molecule has 2 saturated heterocycles. The molecule has 2 N–H and O–H groups in total. The van der Waals surface area contributed by atoms with Crippen molar-refractivity contribution >= 4 is 28.3 Å². The fraction of sp³-hybridized carbons (Fsp3) is 0.611. The molecule has 9 heteroatoms. The quantitative estimate of drug-likeness (QED) is 0.763. The van der Waals surface area contributed by atoms with E-state index in [-0.39, 0.29) is 35.2 Å². The summed E-state index contributed by atoms with van der Waals surface area (Å²) in [5.74, 6) is -0.500. The minimum atomic E-state index is -3.73. The Morgan fingerprint density at radius 1 is 1.33 bits per heavy atom. The molecule has 27 heavy (non-hydrogen) atoms. The first-order chi connectivity index (χ1) is 12.4. The van der Waals surface area contributed by atoms with Crippen LogP contribution in [0.2, 0.25) is 0 Å². The summed E-state index contributed by atoms with van der Waals surface area (Å²) in [7, 11) is -3.73. The lowest BCUT2D eigenvalue weighted by Gasteiger charge is -2.32. The van der Waals surface area contributed by atoms with Crippen LogP contribution in [-0.2, 0) is 14.8 Å². The second kappa shape index (κ2) is 9.32. The van der Waals surface area contributed by atoms with E-state index in [4.69, 9.17) is 0 Å². The molecule has 0 aliphatic carbocycles. The number of halogens is 2. The third-order valence-electron chi connectivity index (χ3n) is 5.19. The SMILES string of the molecule is Cc1ccc(F)cc1S(=O)(=O)N1CCCC(CNC(=O)C2CCCN2)C1.Cl. The maximum Gasteiger partial charge on any atom is 0.243 e. The van der Waals surface area contributed by atoms with E-state index in [1.165, 1.54) is 16.4 Å². The second-order valence-electron chi connectivity index (χ2n) is 7.18. The molecule has 2 fully saturated rings. The number of carbonyl (C=O) groups excluding carboxylic acids is 1. The lowest BCUT2D eigenvalue weighted by Crippen LogP contribution is -2.46. The van der Waals surface area contributed by atoms with E-state index in [1.54, 1.807) is 6.92 Å². The van der Waals surface area contributed by atoms with Gasteiger partial charge in [0.25, 0.3) is 0 Å². The van der Waals surface area contributed by atoms with E-state index in [9.17, 15) is 17.6 Å². The summed E-state index contributed by atoms with van der Waals surface area (Å²) in [6.07, 6.45) is 3.44. The molecule has 1 aromatic carbocycles. The predicted octanol–water partition coefficient (Wildman–Crippen LogP) is 1.82. The summed E-state index contributed by atoms with van der Waals surface area (Å²) in [4.78, 5) is 12.1. The molecular weight excluding hydrogens is 393 g/mol. The smallest absolute Gasteiger partial charge is 0.243 e. The highest BCUT2D eigenvalue weighted by Gasteiger charge is 2.32. The lowest BCUT2D eigenvalue weighted by atomic mass is 9.99. The fourth-order valence-corrected chi connectivity index (χ4v) is 5.47. The highest BCUT2D eigenvalue weighted by Crippen LogP contribution is 2.26. The first kappa shape index (κ1) is 22.1. The predicted molar refractivity (Wildman–Crippen MR) is 104 cm³/mol. The average Bonchev–Trinajstić information content (AvgIpc) is 3.16. The summed E-state index contributed by atoms with van der Waals surface area (Å²) < 4.78 is 40.8. The van der Waals surface area contributed by atoms with Gasteiger partial charge in [-0.05, 0) is 62.8 Å². The van der Waals surface area contributed by atoms with Crippen molar-refractivity contribution in [2.75, 3.05) is 26.2 Å². The van der Waals surface area contributed by atoms with Crippen LogP contribution in [0, 0.1) is 18.7 Å². The first-order valence-corrected chi connectivity index (χ1v) is 10.6. The summed E-state index contributed by atoms with van der Waals surface area (Å²) in [5.41, 5.74) is 0.536. The summed E-state index contributed by atoms with van der Waals surface area (Å²) in [5, 5.41) is 6.10. The Bertz CT molecular complexity index is 769. The number of aryl methyl sites for hydroxylation is 1. The van der Waals surface area contributed by atoms with Crippen molar-refractivity contribution in [3.05, 3.63) is 29.6 Å². The molecule has 2 heterocycles. The number of amides is 1. The maximum absolute atomic E-state index is 13.5. The number of benzene rings is 1. The van der Waals surface area contributed by atoms with Crippen molar-refractivity contribution in [1.29, 1.82) is 0 Å². The zero-order valence-electron chi connectivity index (χ0n) is 15.4. The molecule has 1 amide bonds. The van der Waals surface area contributed by atoms with Gasteiger partial charge < -0.3 is 10.6 Å². The number of nitrogens with one attached hydrogen (secondary N) is 2. The van der Waals surface area contributed by atoms with Crippen molar-refractivity contribution in [3.8, 4) is 0 Å². The second-order valence-corrected chi connectivity index (χ2v) is 9.08. The molecule has 3 rings (SSSR count). The van der Waals surface area contributed by atoms with Crippen LogP contribution in [0.15, 0.2) is 23.1 Å². The third-order valence-corrected chi connectivity index (χ3v) is 7.20. The molecular formula is C18H27ClFN3O3S. The van der Waals surface area contributed by atoms with Crippen molar-refractivity contribution in [2.24, 2.45) is 5.92 Å². The number of hydrogen-bond donors (Lipinski definition) is 2. The van der Waals surface area contributed by atoms with Gasteiger partial charge in [0, 0.05) is 19.6 Å². The highest BCUT2D eigenvalue weighted by molar-refractivity contribution is 7.89. The molecule has 0 aromatic heterocycles. The van der Waals surface area contributed by atoms with E-state index < -0.39 is 15.8 Å². The van der Waals surface area contributed by atoms with Crippen molar-refractivity contribution in [2.45, 2.75) is 43.5 Å². The average molecular weight is 420 g/mol. The molecule has 0 radical (unpaired) electrons. The molecule has 1 aromatic rings. The van der Waals surface area contributed by atoms with Gasteiger partial charge in [-0.15, -0.1) is 12.4 Å². The van der Waals surface area contributed by atoms with Crippen LogP contribution < -0.4 is 10.6 Å². The number of hydrogen-bond acceptors (Lipinski definition) is 4. The molecule has 0 bridgehead atoms. The Kier molecular flexibility index (Phi) is 7.62. The van der Waals surface area contributed by atoms with Crippen LogP contribution in [0.3, 0.4) is 0 Å². The molecule has 2 aliphatic rings. The Morgan fingerprint density at radius 3 is 2.81 bits per heavy atom. The van der Waals surface area contributed by atoms with E-state index >= 15 is 0 Å². The number of rotatable bonds is 5. The van der Waals surface area contributed by atoms with E-state index in [0.29, 0.717) is 25.2 Å². The van der Waals surface area contributed by atoms with Gasteiger partial charge in [0.2, 0.25) is 15.9 Å². The highest BCUT2D eigenvalue weighted by atomic mass is 35.5. The van der Waals surface area contributed by atoms with E-state index in [2.05, 4.69) is 10.6 Å². The Labute approximate surface area is 166 Å². The molecule has 2 unspecified atom stereocenters. The van der Waals surface area contributed by atoms with E-state index in [1.807, 2.05) is 0 Å². The normalized spacial score (nSPS) is 23.6. The van der Waals surface area contributed by atoms with Gasteiger partial charge in [-0.25, -0.2) is 12.8 Å². The number of carbonyl (C=O) groups is 1. The van der Waals surface area contributed by atoms with Gasteiger partial charge in [-0.3, -0.25) is 4.79 Å². The maximum atomic E-state index is 13.5. The third kappa shape index (κ3) is 5.19. The molecule has 0 spiro atoms. The Balaban J connectivity index is 0.00000261. The number of piperidine rings is 1.